The van der Waals surface area contributed by atoms with Gasteiger partial charge in [0.2, 0.25) is 0 Å². The molecule has 4 atom stereocenters. The molecule has 3 rings (SSSR count). The molecule has 1 fully saturated rings. The molecule has 0 unspecified atom stereocenters. The second-order valence-corrected chi connectivity index (χ2v) is 7.98. The number of ether oxygens (including phenoxy) is 4. The summed E-state index contributed by atoms with van der Waals surface area (Å²) in [6.45, 7) is 3.76. The van der Waals surface area contributed by atoms with Crippen LogP contribution in [0.15, 0.2) is 48.8 Å². The molecule has 0 bridgehead atoms. The number of carbonyl (C=O) groups is 3. The SMILES string of the molecule is CC(=O)O[C@@H]1[C@@H](OC(C)=O)[C@@H](Oc2ccccc2-c2cccnc2)SC[C@H]1OC(C)=O. The molecule has 1 aliphatic heterocycles. The number of nitrogens with zero attached hydrogens (tertiary/aromatic N) is 1. The van der Waals surface area contributed by atoms with Crippen molar-refractivity contribution in [2.75, 3.05) is 5.75 Å². The maximum atomic E-state index is 11.8. The van der Waals surface area contributed by atoms with Crippen LogP contribution in [0.25, 0.3) is 11.1 Å². The number of benzene rings is 1. The minimum Gasteiger partial charge on any atom is -0.475 e. The molecule has 0 amide bonds. The van der Waals surface area contributed by atoms with E-state index >= 15 is 0 Å². The molecule has 2 heterocycles. The Morgan fingerprint density at radius 1 is 0.903 bits per heavy atom. The molecule has 0 N–H and O–H groups in total. The molecule has 1 aromatic carbocycles. The molecular formula is C22H23NO7S. The highest BCUT2D eigenvalue weighted by atomic mass is 32.2. The largest absolute Gasteiger partial charge is 0.475 e. The quantitative estimate of drug-likeness (QED) is 0.490. The number of carbonyl (C=O) groups excluding carboxylic acids is 3. The normalized spacial score (nSPS) is 22.8. The van der Waals surface area contributed by atoms with Crippen molar-refractivity contribution in [3.05, 3.63) is 48.8 Å². The van der Waals surface area contributed by atoms with Crippen LogP contribution in [0, 0.1) is 0 Å². The summed E-state index contributed by atoms with van der Waals surface area (Å²) in [7, 11) is 0. The number of hydrogen-bond acceptors (Lipinski definition) is 9. The zero-order chi connectivity index (χ0) is 22.4. The van der Waals surface area contributed by atoms with Crippen molar-refractivity contribution in [3.8, 4) is 16.9 Å². The monoisotopic (exact) mass is 445 g/mol. The fourth-order valence-corrected chi connectivity index (χ4v) is 4.47. The molecule has 1 saturated heterocycles. The summed E-state index contributed by atoms with van der Waals surface area (Å²) in [4.78, 5) is 39.2. The topological polar surface area (TPSA) is 101 Å². The molecule has 0 radical (unpaired) electrons. The third-order valence-electron chi connectivity index (χ3n) is 4.41. The van der Waals surface area contributed by atoms with Crippen LogP contribution >= 0.6 is 11.8 Å². The molecule has 31 heavy (non-hydrogen) atoms. The fraction of sp³-hybridized carbons (Fsp3) is 0.364. The highest BCUT2D eigenvalue weighted by Gasteiger charge is 2.47. The molecule has 0 aliphatic carbocycles. The summed E-state index contributed by atoms with van der Waals surface area (Å²) >= 11 is 1.31. The lowest BCUT2D eigenvalue weighted by molar-refractivity contribution is -0.186. The lowest BCUT2D eigenvalue weighted by atomic mass is 10.1. The second-order valence-electron chi connectivity index (χ2n) is 6.85. The van der Waals surface area contributed by atoms with Gasteiger partial charge in [-0.05, 0) is 12.1 Å². The number of thioether (sulfide) groups is 1. The lowest BCUT2D eigenvalue weighted by Gasteiger charge is -2.40. The average Bonchev–Trinajstić information content (AvgIpc) is 2.72. The van der Waals surface area contributed by atoms with Crippen molar-refractivity contribution in [2.24, 2.45) is 0 Å². The Morgan fingerprint density at radius 2 is 1.58 bits per heavy atom. The molecule has 1 aromatic heterocycles. The Labute approximate surface area is 184 Å². The molecule has 8 nitrogen and oxygen atoms in total. The van der Waals surface area contributed by atoms with E-state index in [9.17, 15) is 14.4 Å². The van der Waals surface area contributed by atoms with E-state index in [2.05, 4.69) is 4.98 Å². The van der Waals surface area contributed by atoms with Gasteiger partial charge in [0.25, 0.3) is 0 Å². The van der Waals surface area contributed by atoms with Gasteiger partial charge in [-0.2, -0.15) is 0 Å². The van der Waals surface area contributed by atoms with Crippen LogP contribution in [-0.2, 0) is 28.6 Å². The number of para-hydroxylation sites is 1. The third kappa shape index (κ3) is 5.97. The van der Waals surface area contributed by atoms with Gasteiger partial charge in [0.15, 0.2) is 23.7 Å². The summed E-state index contributed by atoms with van der Waals surface area (Å²) in [5.74, 6) is -0.820. The van der Waals surface area contributed by atoms with Crippen LogP contribution in [0.2, 0.25) is 0 Å². The number of hydrogen-bond donors (Lipinski definition) is 0. The first kappa shape index (κ1) is 22.6. The lowest BCUT2D eigenvalue weighted by Crippen LogP contribution is -2.55. The Morgan fingerprint density at radius 3 is 2.23 bits per heavy atom. The van der Waals surface area contributed by atoms with E-state index in [0.717, 1.165) is 11.1 Å². The van der Waals surface area contributed by atoms with E-state index in [4.69, 9.17) is 18.9 Å². The number of esters is 3. The molecular weight excluding hydrogens is 422 g/mol. The first-order valence-corrected chi connectivity index (χ1v) is 10.7. The summed E-state index contributed by atoms with van der Waals surface area (Å²) < 4.78 is 22.4. The first-order valence-electron chi connectivity index (χ1n) is 9.64. The van der Waals surface area contributed by atoms with Gasteiger partial charge in [-0.3, -0.25) is 19.4 Å². The molecule has 164 valence electrons. The van der Waals surface area contributed by atoms with Gasteiger partial charge in [-0.25, -0.2) is 0 Å². The van der Waals surface area contributed by atoms with E-state index in [1.165, 1.54) is 32.5 Å². The molecule has 2 aromatic rings. The molecule has 9 heteroatoms. The standard InChI is InChI=1S/C22H23NO7S/c1-13(24)27-19-12-31-22(21(29-15(3)26)20(19)28-14(2)25)30-18-9-5-4-8-17(18)16-7-6-10-23-11-16/h4-11,19-22H,12H2,1-3H3/t19-,20+,21-,22+/m1/s1. The van der Waals surface area contributed by atoms with Crippen LogP contribution < -0.4 is 4.74 Å². The fourth-order valence-electron chi connectivity index (χ4n) is 3.27. The smallest absolute Gasteiger partial charge is 0.303 e. The van der Waals surface area contributed by atoms with E-state index in [0.29, 0.717) is 11.5 Å². The number of pyridine rings is 1. The van der Waals surface area contributed by atoms with Gasteiger partial charge in [0.1, 0.15) is 5.75 Å². The predicted octanol–water partition coefficient (Wildman–Crippen LogP) is 3.00. The van der Waals surface area contributed by atoms with Crippen LogP contribution in [0.1, 0.15) is 20.8 Å². The van der Waals surface area contributed by atoms with E-state index in [1.807, 2.05) is 30.3 Å². The van der Waals surface area contributed by atoms with Gasteiger partial charge in [0.05, 0.1) is 0 Å². The zero-order valence-electron chi connectivity index (χ0n) is 17.3. The number of aromatic nitrogens is 1. The average molecular weight is 445 g/mol. The van der Waals surface area contributed by atoms with Gasteiger partial charge >= 0.3 is 17.9 Å². The Bertz CT molecular complexity index is 936. The maximum Gasteiger partial charge on any atom is 0.303 e. The van der Waals surface area contributed by atoms with Crippen molar-refractivity contribution >= 4 is 29.7 Å². The van der Waals surface area contributed by atoms with Crippen molar-refractivity contribution in [1.82, 2.24) is 4.98 Å². The summed E-state index contributed by atoms with van der Waals surface area (Å²) in [5.41, 5.74) is 0.971. The third-order valence-corrected chi connectivity index (χ3v) is 5.62. The van der Waals surface area contributed by atoms with Crippen molar-refractivity contribution in [3.63, 3.8) is 0 Å². The zero-order valence-corrected chi connectivity index (χ0v) is 18.2. The predicted molar refractivity (Wildman–Crippen MR) is 113 cm³/mol. The van der Waals surface area contributed by atoms with Gasteiger partial charge in [-0.15, -0.1) is 11.8 Å². The van der Waals surface area contributed by atoms with E-state index < -0.39 is 41.7 Å². The molecule has 0 saturated carbocycles. The van der Waals surface area contributed by atoms with E-state index in [1.54, 1.807) is 18.5 Å². The van der Waals surface area contributed by atoms with Crippen molar-refractivity contribution in [2.45, 2.75) is 44.5 Å². The van der Waals surface area contributed by atoms with Gasteiger partial charge < -0.3 is 18.9 Å². The molecule has 0 spiro atoms. The summed E-state index contributed by atoms with van der Waals surface area (Å²) in [6.07, 6.45) is 0.648. The Kier molecular flexibility index (Phi) is 7.51. The molecule has 1 aliphatic rings. The van der Waals surface area contributed by atoms with Crippen molar-refractivity contribution < 1.29 is 33.3 Å². The second kappa shape index (κ2) is 10.3. The van der Waals surface area contributed by atoms with E-state index in [-0.39, 0.29) is 0 Å². The Balaban J connectivity index is 1.92. The van der Waals surface area contributed by atoms with Gasteiger partial charge in [-0.1, -0.05) is 24.3 Å². The summed E-state index contributed by atoms with van der Waals surface area (Å²) in [6, 6.07) is 11.1. The number of rotatable bonds is 6. The van der Waals surface area contributed by atoms with Gasteiger partial charge in [0, 0.05) is 50.0 Å². The maximum absolute atomic E-state index is 11.8. The summed E-state index contributed by atoms with van der Waals surface area (Å²) in [5, 5.41) is 0. The van der Waals surface area contributed by atoms with Crippen LogP contribution in [0.3, 0.4) is 0 Å². The van der Waals surface area contributed by atoms with Crippen LogP contribution in [-0.4, -0.2) is 52.4 Å². The van der Waals surface area contributed by atoms with Crippen LogP contribution in [0.5, 0.6) is 5.75 Å². The highest BCUT2D eigenvalue weighted by molar-refractivity contribution is 7.99. The minimum absolute atomic E-state index is 0.301. The minimum atomic E-state index is -0.998. The Hall–Kier alpha value is -3.07. The van der Waals surface area contributed by atoms with Crippen molar-refractivity contribution in [1.29, 1.82) is 0 Å². The first-order chi connectivity index (χ1) is 14.8. The van der Waals surface area contributed by atoms with Crippen LogP contribution in [0.4, 0.5) is 0 Å². The highest BCUT2D eigenvalue weighted by Crippen LogP contribution is 2.37.